The van der Waals surface area contributed by atoms with E-state index in [1.54, 1.807) is 11.4 Å². The molecule has 1 aliphatic rings. The third-order valence-electron chi connectivity index (χ3n) is 3.42. The molecule has 90 valence electrons. The summed E-state index contributed by atoms with van der Waals surface area (Å²) < 4.78 is 0. The molecule has 0 bridgehead atoms. The van der Waals surface area contributed by atoms with Crippen LogP contribution in [0, 0.1) is 16.7 Å². The molecule has 5 heteroatoms. The van der Waals surface area contributed by atoms with Gasteiger partial charge in [0.05, 0.1) is 5.56 Å². The Bertz CT molecular complexity index is 451. The van der Waals surface area contributed by atoms with Gasteiger partial charge in [0.25, 0.3) is 0 Å². The first-order chi connectivity index (χ1) is 8.19. The highest BCUT2D eigenvalue weighted by Gasteiger charge is 2.37. The van der Waals surface area contributed by atoms with Gasteiger partial charge < -0.3 is 11.1 Å². The molecule has 0 radical (unpaired) electrons. The molecule has 1 aromatic rings. The summed E-state index contributed by atoms with van der Waals surface area (Å²) in [6.07, 6.45) is 3.69. The highest BCUT2D eigenvalue weighted by atomic mass is 32.1. The van der Waals surface area contributed by atoms with E-state index < -0.39 is 0 Å². The van der Waals surface area contributed by atoms with Gasteiger partial charge >= 0.3 is 0 Å². The Morgan fingerprint density at radius 2 is 2.41 bits per heavy atom. The first-order valence-electron chi connectivity index (χ1n) is 5.67. The zero-order valence-electron chi connectivity index (χ0n) is 9.53. The summed E-state index contributed by atoms with van der Waals surface area (Å²) in [5, 5.41) is 14.1. The van der Waals surface area contributed by atoms with Gasteiger partial charge in [0.15, 0.2) is 0 Å². The number of carbonyl (C=O) groups is 1. The van der Waals surface area contributed by atoms with Crippen molar-refractivity contribution in [3.8, 4) is 6.07 Å². The van der Waals surface area contributed by atoms with Crippen LogP contribution < -0.4 is 11.1 Å². The third kappa shape index (κ3) is 2.48. The number of hydrogen-bond acceptors (Lipinski definition) is 4. The van der Waals surface area contributed by atoms with E-state index in [-0.39, 0.29) is 11.3 Å². The fourth-order valence-electron chi connectivity index (χ4n) is 2.14. The van der Waals surface area contributed by atoms with E-state index in [0.717, 1.165) is 19.3 Å². The molecular formula is C12H15N3OS. The first-order valence-corrected chi connectivity index (χ1v) is 6.55. The summed E-state index contributed by atoms with van der Waals surface area (Å²) in [6, 6.07) is 3.77. The van der Waals surface area contributed by atoms with Gasteiger partial charge in [-0.3, -0.25) is 4.79 Å². The topological polar surface area (TPSA) is 78.9 Å². The van der Waals surface area contributed by atoms with Gasteiger partial charge in [-0.1, -0.05) is 6.42 Å². The van der Waals surface area contributed by atoms with Crippen molar-refractivity contribution >= 4 is 22.2 Å². The first kappa shape index (κ1) is 12.1. The van der Waals surface area contributed by atoms with Crippen molar-refractivity contribution in [2.24, 2.45) is 11.1 Å². The summed E-state index contributed by atoms with van der Waals surface area (Å²) in [5.41, 5.74) is 6.25. The van der Waals surface area contributed by atoms with Crippen LogP contribution in [-0.2, 0) is 4.79 Å². The van der Waals surface area contributed by atoms with Crippen LogP contribution in [0.5, 0.6) is 0 Å². The highest BCUT2D eigenvalue weighted by Crippen LogP contribution is 2.43. The second-order valence-corrected chi connectivity index (χ2v) is 5.47. The van der Waals surface area contributed by atoms with Crippen LogP contribution in [0.4, 0.5) is 5.00 Å². The Balaban J connectivity index is 1.96. The van der Waals surface area contributed by atoms with Crippen molar-refractivity contribution in [2.45, 2.75) is 25.7 Å². The average Bonchev–Trinajstić information content (AvgIpc) is 2.70. The number of nitrogens with one attached hydrogen (secondary N) is 1. The van der Waals surface area contributed by atoms with Gasteiger partial charge in [0.1, 0.15) is 11.1 Å². The normalized spacial score (nSPS) is 16.9. The van der Waals surface area contributed by atoms with Gasteiger partial charge in [-0.2, -0.15) is 5.26 Å². The van der Waals surface area contributed by atoms with Crippen molar-refractivity contribution < 1.29 is 4.79 Å². The van der Waals surface area contributed by atoms with Crippen LogP contribution in [0.15, 0.2) is 11.4 Å². The van der Waals surface area contributed by atoms with Crippen molar-refractivity contribution in [3.05, 3.63) is 17.0 Å². The van der Waals surface area contributed by atoms with Crippen molar-refractivity contribution in [3.63, 3.8) is 0 Å². The maximum atomic E-state index is 11.9. The number of nitrogens with two attached hydrogens (primary N) is 1. The number of rotatable bonds is 4. The van der Waals surface area contributed by atoms with Gasteiger partial charge in [-0.15, -0.1) is 11.3 Å². The molecule has 1 heterocycles. The summed E-state index contributed by atoms with van der Waals surface area (Å²) >= 11 is 1.38. The predicted molar refractivity (Wildman–Crippen MR) is 67.6 cm³/mol. The quantitative estimate of drug-likeness (QED) is 0.857. The summed E-state index contributed by atoms with van der Waals surface area (Å²) in [4.78, 5) is 11.9. The van der Waals surface area contributed by atoms with Gasteiger partial charge in [-0.25, -0.2) is 0 Å². The number of amides is 1. The Morgan fingerprint density at radius 3 is 2.94 bits per heavy atom. The maximum absolute atomic E-state index is 11.9. The minimum Gasteiger partial charge on any atom is -0.330 e. The fraction of sp³-hybridized carbons (Fsp3) is 0.500. The molecular weight excluding hydrogens is 234 g/mol. The van der Waals surface area contributed by atoms with Crippen molar-refractivity contribution in [1.82, 2.24) is 0 Å². The molecule has 17 heavy (non-hydrogen) atoms. The number of nitriles is 1. The monoisotopic (exact) mass is 249 g/mol. The molecule has 1 amide bonds. The lowest BCUT2D eigenvalue weighted by atomic mass is 9.66. The van der Waals surface area contributed by atoms with Crippen LogP contribution in [0.2, 0.25) is 0 Å². The Kier molecular flexibility index (Phi) is 3.46. The highest BCUT2D eigenvalue weighted by molar-refractivity contribution is 7.14. The van der Waals surface area contributed by atoms with E-state index in [4.69, 9.17) is 11.0 Å². The van der Waals surface area contributed by atoms with E-state index in [9.17, 15) is 4.79 Å². The fourth-order valence-corrected chi connectivity index (χ4v) is 2.89. The van der Waals surface area contributed by atoms with Crippen LogP contribution in [0.25, 0.3) is 0 Å². The molecule has 0 saturated heterocycles. The molecule has 0 spiro atoms. The summed E-state index contributed by atoms with van der Waals surface area (Å²) in [6.45, 7) is 0.565. The molecule has 0 aliphatic heterocycles. The zero-order chi connectivity index (χ0) is 12.3. The van der Waals surface area contributed by atoms with Gasteiger partial charge in [0, 0.05) is 6.42 Å². The molecule has 2 rings (SSSR count). The van der Waals surface area contributed by atoms with Gasteiger partial charge in [0.2, 0.25) is 5.91 Å². The minimum absolute atomic E-state index is 0.00808. The number of thiophene rings is 1. The lowest BCUT2D eigenvalue weighted by Gasteiger charge is -2.40. The Morgan fingerprint density at radius 1 is 1.65 bits per heavy atom. The van der Waals surface area contributed by atoms with E-state index in [1.165, 1.54) is 11.3 Å². The molecule has 0 aromatic carbocycles. The average molecular weight is 249 g/mol. The molecule has 1 aliphatic carbocycles. The van der Waals surface area contributed by atoms with E-state index in [0.29, 0.717) is 23.5 Å². The third-order valence-corrected chi connectivity index (χ3v) is 4.25. The van der Waals surface area contributed by atoms with Crippen molar-refractivity contribution in [1.29, 1.82) is 5.26 Å². The molecule has 1 saturated carbocycles. The number of carbonyl (C=O) groups excluding carboxylic acids is 1. The van der Waals surface area contributed by atoms with Crippen LogP contribution in [0.1, 0.15) is 31.2 Å². The van der Waals surface area contributed by atoms with E-state index >= 15 is 0 Å². The smallest absolute Gasteiger partial charge is 0.225 e. The minimum atomic E-state index is -0.0332. The molecule has 1 fully saturated rings. The van der Waals surface area contributed by atoms with E-state index in [1.807, 2.05) is 0 Å². The summed E-state index contributed by atoms with van der Waals surface area (Å²) in [5.74, 6) is -0.0332. The van der Waals surface area contributed by atoms with Crippen LogP contribution in [-0.4, -0.2) is 12.5 Å². The summed E-state index contributed by atoms with van der Waals surface area (Å²) in [7, 11) is 0. The number of anilines is 1. The Hall–Kier alpha value is -1.38. The molecule has 0 unspecified atom stereocenters. The predicted octanol–water partition coefficient (Wildman–Crippen LogP) is 2.08. The Labute approximate surface area is 104 Å². The number of hydrogen-bond donors (Lipinski definition) is 2. The lowest BCUT2D eigenvalue weighted by Crippen LogP contribution is -2.40. The van der Waals surface area contributed by atoms with Crippen LogP contribution >= 0.6 is 11.3 Å². The zero-order valence-corrected chi connectivity index (χ0v) is 10.3. The largest absolute Gasteiger partial charge is 0.330 e. The van der Waals surface area contributed by atoms with Crippen molar-refractivity contribution in [2.75, 3.05) is 11.9 Å². The van der Waals surface area contributed by atoms with Gasteiger partial charge in [-0.05, 0) is 36.2 Å². The molecule has 0 atom stereocenters. The molecule has 1 aromatic heterocycles. The standard InChI is InChI=1S/C12H15N3OS/c13-7-9-2-5-17-11(9)15-10(16)6-12(8-14)3-1-4-12/h2,5H,1,3-4,6,8,14H2,(H,15,16). The lowest BCUT2D eigenvalue weighted by molar-refractivity contribution is -0.119. The number of nitrogens with zero attached hydrogens (tertiary/aromatic N) is 1. The molecule has 3 N–H and O–H groups in total. The van der Waals surface area contributed by atoms with E-state index in [2.05, 4.69) is 11.4 Å². The SMILES string of the molecule is N#Cc1ccsc1NC(=O)CC1(CN)CCC1. The second-order valence-electron chi connectivity index (χ2n) is 4.56. The molecule has 4 nitrogen and oxygen atoms in total. The van der Waals surface area contributed by atoms with Crippen LogP contribution in [0.3, 0.4) is 0 Å². The second kappa shape index (κ2) is 4.86. The maximum Gasteiger partial charge on any atom is 0.225 e.